The van der Waals surface area contributed by atoms with E-state index in [0.717, 1.165) is 60.5 Å². The molecule has 8 aromatic carbocycles. The van der Waals surface area contributed by atoms with Crippen LogP contribution in [0.5, 0.6) is 0 Å². The molecule has 0 unspecified atom stereocenters. The lowest BCUT2D eigenvalue weighted by Gasteiger charge is -2.09. The van der Waals surface area contributed by atoms with E-state index in [1.54, 1.807) is 0 Å². The van der Waals surface area contributed by atoms with Gasteiger partial charge in [0.25, 0.3) is 0 Å². The highest BCUT2D eigenvalue weighted by molar-refractivity contribution is 6.21. The number of hydrogen-bond donors (Lipinski definition) is 1. The zero-order valence-electron chi connectivity index (χ0n) is 26.7. The Kier molecular flexibility index (Phi) is 6.98. The van der Waals surface area contributed by atoms with Crippen LogP contribution in [0.15, 0.2) is 178 Å². The molecule has 49 heavy (non-hydrogen) atoms. The van der Waals surface area contributed by atoms with Gasteiger partial charge in [0.2, 0.25) is 0 Å². The zero-order valence-corrected chi connectivity index (χ0v) is 26.7. The van der Waals surface area contributed by atoms with Crippen molar-refractivity contribution in [3.05, 3.63) is 180 Å². The molecule has 1 heterocycles. The van der Waals surface area contributed by atoms with Gasteiger partial charge in [0.15, 0.2) is 5.84 Å². The lowest BCUT2D eigenvalue weighted by atomic mass is 10.0. The van der Waals surface area contributed by atoms with Crippen molar-refractivity contribution in [2.24, 2.45) is 15.7 Å². The number of nitrogens with zero attached hydrogens (tertiary/aromatic N) is 2. The molecule has 232 valence electrons. The molecule has 0 spiro atoms. The number of amidine groups is 2. The number of nitrogens with two attached hydrogens (primary N) is 1. The van der Waals surface area contributed by atoms with Crippen LogP contribution in [0.25, 0.3) is 65.4 Å². The summed E-state index contributed by atoms with van der Waals surface area (Å²) in [6, 6.07) is 56.7. The predicted molar refractivity (Wildman–Crippen MR) is 206 cm³/mol. The molecule has 2 N–H and O–H groups in total. The third kappa shape index (κ3) is 5.30. The highest BCUT2D eigenvalue weighted by Crippen LogP contribution is 2.34. The highest BCUT2D eigenvalue weighted by Gasteiger charge is 2.16. The standard InChI is InChI=1S/C45H31N3O/c46-44(40-15-8-16-41-43(40)39-24-22-34(27-42(39)49-41)30-9-2-1-3-10-30)48-45(36-21-18-31-11-4-5-13-33(31)26-36)47-28-29-17-23-38-35(25-29)20-19-32-12-6-7-14-37(32)38/h1-27H,28H2,(H2,46,47,48). The van der Waals surface area contributed by atoms with E-state index in [1.165, 1.54) is 21.5 Å². The minimum atomic E-state index is 0.386. The van der Waals surface area contributed by atoms with Crippen LogP contribution in [0.1, 0.15) is 16.7 Å². The van der Waals surface area contributed by atoms with E-state index in [-0.39, 0.29) is 0 Å². The Balaban J connectivity index is 1.14. The summed E-state index contributed by atoms with van der Waals surface area (Å²) >= 11 is 0. The van der Waals surface area contributed by atoms with Gasteiger partial charge in [0.05, 0.1) is 6.54 Å². The van der Waals surface area contributed by atoms with E-state index in [2.05, 4.69) is 121 Å². The Labute approximate surface area is 283 Å². The topological polar surface area (TPSA) is 63.9 Å². The summed E-state index contributed by atoms with van der Waals surface area (Å²) < 4.78 is 6.37. The fourth-order valence-electron chi connectivity index (χ4n) is 6.87. The first kappa shape index (κ1) is 28.7. The van der Waals surface area contributed by atoms with Crippen LogP contribution in [-0.2, 0) is 6.54 Å². The summed E-state index contributed by atoms with van der Waals surface area (Å²) in [5.74, 6) is 0.968. The number of aliphatic imine (C=N–C) groups is 2. The maximum Gasteiger partial charge on any atom is 0.157 e. The molecule has 0 aliphatic heterocycles. The fourth-order valence-corrected chi connectivity index (χ4v) is 6.87. The molecule has 0 aliphatic carbocycles. The number of benzene rings is 8. The smallest absolute Gasteiger partial charge is 0.157 e. The monoisotopic (exact) mass is 629 g/mol. The predicted octanol–water partition coefficient (Wildman–Crippen LogP) is 11.1. The van der Waals surface area contributed by atoms with Gasteiger partial charge in [-0.1, -0.05) is 133 Å². The van der Waals surface area contributed by atoms with Gasteiger partial charge in [-0.15, -0.1) is 0 Å². The second-order valence-corrected chi connectivity index (χ2v) is 12.4. The molecule has 0 amide bonds. The van der Waals surface area contributed by atoms with Crippen LogP contribution in [0, 0.1) is 0 Å². The molecular formula is C45H31N3O. The van der Waals surface area contributed by atoms with E-state index < -0.39 is 0 Å². The number of furan rings is 1. The summed E-state index contributed by atoms with van der Waals surface area (Å²) in [5.41, 5.74) is 13.6. The van der Waals surface area contributed by atoms with Crippen molar-refractivity contribution < 1.29 is 4.42 Å². The van der Waals surface area contributed by atoms with Crippen molar-refractivity contribution in [3.8, 4) is 11.1 Å². The van der Waals surface area contributed by atoms with Gasteiger partial charge in [-0.3, -0.25) is 4.99 Å². The summed E-state index contributed by atoms with van der Waals surface area (Å²) in [4.78, 5) is 10.2. The molecule has 9 aromatic rings. The SMILES string of the molecule is NC(=NC(=NCc1ccc2c(ccc3ccccc32)c1)c1ccc2ccccc2c1)c1cccc2oc3cc(-c4ccccc4)ccc3c12. The maximum absolute atomic E-state index is 6.91. The van der Waals surface area contributed by atoms with Crippen LogP contribution >= 0.6 is 0 Å². The molecule has 0 aliphatic rings. The van der Waals surface area contributed by atoms with E-state index in [4.69, 9.17) is 20.1 Å². The lowest BCUT2D eigenvalue weighted by Crippen LogP contribution is -2.17. The van der Waals surface area contributed by atoms with Gasteiger partial charge < -0.3 is 10.2 Å². The molecular weight excluding hydrogens is 599 g/mol. The van der Waals surface area contributed by atoms with E-state index in [9.17, 15) is 0 Å². The molecule has 4 nitrogen and oxygen atoms in total. The minimum Gasteiger partial charge on any atom is -0.456 e. The van der Waals surface area contributed by atoms with Crippen molar-refractivity contribution in [2.45, 2.75) is 6.54 Å². The van der Waals surface area contributed by atoms with E-state index in [0.29, 0.717) is 18.2 Å². The Morgan fingerprint density at radius 1 is 0.510 bits per heavy atom. The van der Waals surface area contributed by atoms with Crippen molar-refractivity contribution in [3.63, 3.8) is 0 Å². The Bertz CT molecular complexity index is 2760. The molecule has 0 bridgehead atoms. The van der Waals surface area contributed by atoms with Gasteiger partial charge in [0.1, 0.15) is 17.0 Å². The Hall–Kier alpha value is -6.52. The van der Waals surface area contributed by atoms with Crippen molar-refractivity contribution in [2.75, 3.05) is 0 Å². The van der Waals surface area contributed by atoms with Crippen LogP contribution in [0.2, 0.25) is 0 Å². The third-order valence-electron chi connectivity index (χ3n) is 9.33. The Morgan fingerprint density at radius 2 is 1.24 bits per heavy atom. The normalized spacial score (nSPS) is 12.5. The van der Waals surface area contributed by atoms with E-state index in [1.807, 2.05) is 42.5 Å². The third-order valence-corrected chi connectivity index (χ3v) is 9.33. The van der Waals surface area contributed by atoms with Crippen LogP contribution in [0.3, 0.4) is 0 Å². The maximum atomic E-state index is 6.91. The number of fused-ring (bicyclic) bond motifs is 7. The lowest BCUT2D eigenvalue weighted by molar-refractivity contribution is 0.669. The van der Waals surface area contributed by atoms with Gasteiger partial charge >= 0.3 is 0 Å². The van der Waals surface area contributed by atoms with Crippen molar-refractivity contribution in [1.29, 1.82) is 0 Å². The molecule has 0 atom stereocenters. The summed E-state index contributed by atoms with van der Waals surface area (Å²) in [6.45, 7) is 0.461. The zero-order chi connectivity index (χ0) is 32.7. The first-order chi connectivity index (χ1) is 24.2. The van der Waals surface area contributed by atoms with E-state index >= 15 is 0 Å². The minimum absolute atomic E-state index is 0.386. The average molecular weight is 630 g/mol. The van der Waals surface area contributed by atoms with Crippen molar-refractivity contribution in [1.82, 2.24) is 0 Å². The molecule has 0 saturated heterocycles. The average Bonchev–Trinajstić information content (AvgIpc) is 3.54. The second kappa shape index (κ2) is 11.9. The van der Waals surface area contributed by atoms with Gasteiger partial charge in [-0.2, -0.15) is 0 Å². The molecule has 1 aromatic heterocycles. The second-order valence-electron chi connectivity index (χ2n) is 12.4. The molecule has 0 fully saturated rings. The summed E-state index contributed by atoms with van der Waals surface area (Å²) in [5, 5.41) is 9.14. The van der Waals surface area contributed by atoms with Crippen molar-refractivity contribution >= 4 is 65.9 Å². The van der Waals surface area contributed by atoms with Crippen LogP contribution < -0.4 is 5.73 Å². The van der Waals surface area contributed by atoms with Gasteiger partial charge in [0, 0.05) is 21.9 Å². The van der Waals surface area contributed by atoms with Crippen LogP contribution in [0.4, 0.5) is 0 Å². The molecule has 4 heteroatoms. The summed E-state index contributed by atoms with van der Waals surface area (Å²) in [7, 11) is 0. The van der Waals surface area contributed by atoms with Crippen LogP contribution in [-0.4, -0.2) is 11.7 Å². The fraction of sp³-hybridized carbons (Fsp3) is 0.0222. The first-order valence-electron chi connectivity index (χ1n) is 16.5. The van der Waals surface area contributed by atoms with Gasteiger partial charge in [-0.05, 0) is 79.3 Å². The molecule has 0 saturated carbocycles. The number of rotatable bonds is 5. The summed E-state index contributed by atoms with van der Waals surface area (Å²) in [6.07, 6.45) is 0. The highest BCUT2D eigenvalue weighted by atomic mass is 16.3. The number of hydrogen-bond acceptors (Lipinski definition) is 2. The molecule has 0 radical (unpaired) electrons. The Morgan fingerprint density at radius 3 is 2.14 bits per heavy atom. The van der Waals surface area contributed by atoms with Gasteiger partial charge in [-0.25, -0.2) is 4.99 Å². The largest absolute Gasteiger partial charge is 0.456 e. The quantitative estimate of drug-likeness (QED) is 0.117. The first-order valence-corrected chi connectivity index (χ1v) is 16.5. The molecule has 9 rings (SSSR count).